The highest BCUT2D eigenvalue weighted by molar-refractivity contribution is 7.91. The molecule has 1 aliphatic rings. The van der Waals surface area contributed by atoms with Crippen LogP contribution in [-0.4, -0.2) is 44.0 Å². The van der Waals surface area contributed by atoms with E-state index in [1.165, 1.54) is 12.8 Å². The largest absolute Gasteiger partial charge is 0.375 e. The van der Waals surface area contributed by atoms with Gasteiger partial charge in [-0.3, -0.25) is 0 Å². The number of hydrogen-bond donors (Lipinski definition) is 2. The highest BCUT2D eigenvalue weighted by Gasteiger charge is 2.24. The number of thiazole rings is 1. The molecule has 1 aromatic heterocycles. The summed E-state index contributed by atoms with van der Waals surface area (Å²) in [7, 11) is -3.51. The van der Waals surface area contributed by atoms with Crippen LogP contribution in [0.1, 0.15) is 25.5 Å². The Bertz CT molecular complexity index is 535. The third kappa shape index (κ3) is 3.65. The number of anilines is 1. The summed E-state index contributed by atoms with van der Waals surface area (Å²) in [4.78, 5) is 6.23. The van der Waals surface area contributed by atoms with Crippen molar-refractivity contribution in [3.8, 4) is 0 Å². The summed E-state index contributed by atoms with van der Waals surface area (Å²) < 4.78 is 27.4. The number of nitrogens with one attached hydrogen (secondary N) is 1. The van der Waals surface area contributed by atoms with Crippen molar-refractivity contribution in [1.29, 1.82) is 0 Å². The fraction of sp³-hybridized carbons (Fsp3) is 0.727. The molecule has 0 aromatic carbocycles. The number of aryl methyl sites for hydroxylation is 1. The molecule has 1 saturated heterocycles. The molecule has 2 heterocycles. The predicted molar refractivity (Wildman–Crippen MR) is 76.7 cm³/mol. The molecule has 1 aliphatic heterocycles. The Labute approximate surface area is 118 Å². The first-order chi connectivity index (χ1) is 8.88. The molecule has 3 N–H and O–H groups in total. The fourth-order valence-corrected chi connectivity index (χ4v) is 4.91. The van der Waals surface area contributed by atoms with Crippen molar-refractivity contribution in [3.63, 3.8) is 0 Å². The van der Waals surface area contributed by atoms with Gasteiger partial charge in [-0.15, -0.1) is 0 Å². The van der Waals surface area contributed by atoms with E-state index in [0.717, 1.165) is 31.0 Å². The number of nitrogens with two attached hydrogens (primary N) is 1. The first-order valence-electron chi connectivity index (χ1n) is 6.36. The lowest BCUT2D eigenvalue weighted by Gasteiger charge is -2.20. The molecule has 19 heavy (non-hydrogen) atoms. The summed E-state index contributed by atoms with van der Waals surface area (Å²) in [6.07, 6.45) is 2.40. The molecule has 0 aliphatic carbocycles. The van der Waals surface area contributed by atoms with Crippen molar-refractivity contribution in [3.05, 3.63) is 5.69 Å². The lowest BCUT2D eigenvalue weighted by Crippen LogP contribution is -2.40. The highest BCUT2D eigenvalue weighted by atomic mass is 32.2. The maximum atomic E-state index is 12.2. The molecule has 2 rings (SSSR count). The minimum Gasteiger partial charge on any atom is -0.375 e. The summed E-state index contributed by atoms with van der Waals surface area (Å²) in [6, 6.07) is -0.120. The van der Waals surface area contributed by atoms with Crippen LogP contribution >= 0.6 is 11.3 Å². The fourth-order valence-electron chi connectivity index (χ4n) is 2.36. The zero-order valence-corrected chi connectivity index (χ0v) is 12.9. The number of aromatic nitrogens is 1. The summed E-state index contributed by atoms with van der Waals surface area (Å²) in [5, 5.41) is 0.282. The number of nitrogen functional groups attached to an aromatic ring is 1. The Hall–Kier alpha value is -0.700. The van der Waals surface area contributed by atoms with Gasteiger partial charge in [0.2, 0.25) is 0 Å². The topological polar surface area (TPSA) is 88.3 Å². The number of sulfonamides is 1. The molecule has 1 aromatic rings. The minimum atomic E-state index is -3.51. The van der Waals surface area contributed by atoms with Crippen LogP contribution in [0.25, 0.3) is 0 Å². The molecular formula is C11H20N4O2S2. The normalized spacial score (nSPS) is 18.8. The molecule has 0 spiro atoms. The van der Waals surface area contributed by atoms with Crippen molar-refractivity contribution in [2.24, 2.45) is 0 Å². The molecule has 0 bridgehead atoms. The molecule has 0 saturated carbocycles. The third-order valence-corrected chi connectivity index (χ3v) is 6.29. The van der Waals surface area contributed by atoms with Crippen LogP contribution in [0.15, 0.2) is 4.21 Å². The Kier molecular flexibility index (Phi) is 4.44. The zero-order valence-electron chi connectivity index (χ0n) is 11.2. The molecular weight excluding hydrogens is 284 g/mol. The van der Waals surface area contributed by atoms with Gasteiger partial charge >= 0.3 is 0 Å². The van der Waals surface area contributed by atoms with Gasteiger partial charge in [-0.2, -0.15) is 0 Å². The highest BCUT2D eigenvalue weighted by Crippen LogP contribution is 2.24. The van der Waals surface area contributed by atoms with Crippen molar-refractivity contribution in [2.75, 3.05) is 25.4 Å². The SMILES string of the molecule is Cc1nc(N)sc1S(=O)(=O)NC(C)CN1CCCC1. The molecule has 1 fully saturated rings. The Morgan fingerprint density at radius 3 is 2.63 bits per heavy atom. The average molecular weight is 304 g/mol. The number of nitrogens with zero attached hydrogens (tertiary/aromatic N) is 2. The van der Waals surface area contributed by atoms with Crippen LogP contribution in [0, 0.1) is 6.92 Å². The van der Waals surface area contributed by atoms with Gasteiger partial charge in [0.05, 0.1) is 5.69 Å². The smallest absolute Gasteiger partial charge is 0.252 e. The molecule has 0 amide bonds. The summed E-state index contributed by atoms with van der Waals surface area (Å²) in [5.74, 6) is 0. The van der Waals surface area contributed by atoms with Gasteiger partial charge in [0.1, 0.15) is 0 Å². The summed E-state index contributed by atoms with van der Waals surface area (Å²) >= 11 is 1.01. The van der Waals surface area contributed by atoms with Crippen molar-refractivity contribution in [1.82, 2.24) is 14.6 Å². The standard InChI is InChI=1S/C11H20N4O2S2/c1-8(7-15-5-3-4-6-15)14-19(16,17)10-9(2)13-11(12)18-10/h8,14H,3-7H2,1-2H3,(H2,12,13). The van der Waals surface area contributed by atoms with E-state index < -0.39 is 10.0 Å². The second-order valence-corrected chi connectivity index (χ2v) is 7.89. The van der Waals surface area contributed by atoms with Gasteiger partial charge < -0.3 is 10.6 Å². The van der Waals surface area contributed by atoms with Crippen LogP contribution in [0.4, 0.5) is 5.13 Å². The van der Waals surface area contributed by atoms with Crippen molar-refractivity contribution in [2.45, 2.75) is 36.9 Å². The third-order valence-electron chi connectivity index (χ3n) is 3.10. The minimum absolute atomic E-state index is 0.120. The van der Waals surface area contributed by atoms with E-state index in [-0.39, 0.29) is 15.4 Å². The first kappa shape index (κ1) is 14.7. The zero-order chi connectivity index (χ0) is 14.0. The predicted octanol–water partition coefficient (Wildman–Crippen LogP) is 0.796. The van der Waals surface area contributed by atoms with Crippen molar-refractivity contribution >= 4 is 26.5 Å². The number of hydrogen-bond acceptors (Lipinski definition) is 6. The van der Waals surface area contributed by atoms with Gasteiger partial charge in [0.15, 0.2) is 9.34 Å². The second kappa shape index (κ2) is 5.74. The van der Waals surface area contributed by atoms with Crippen LogP contribution in [0.5, 0.6) is 0 Å². The first-order valence-corrected chi connectivity index (χ1v) is 8.66. The van der Waals surface area contributed by atoms with E-state index in [2.05, 4.69) is 14.6 Å². The molecule has 6 nitrogen and oxygen atoms in total. The maximum absolute atomic E-state index is 12.2. The Balaban J connectivity index is 2.02. The molecule has 8 heteroatoms. The van der Waals surface area contributed by atoms with E-state index >= 15 is 0 Å². The quantitative estimate of drug-likeness (QED) is 0.840. The monoisotopic (exact) mass is 304 g/mol. The van der Waals surface area contributed by atoms with E-state index in [4.69, 9.17) is 5.73 Å². The average Bonchev–Trinajstić information content (AvgIpc) is 2.87. The molecule has 108 valence electrons. The van der Waals surface area contributed by atoms with Crippen LogP contribution in [0.2, 0.25) is 0 Å². The molecule has 1 unspecified atom stereocenters. The summed E-state index contributed by atoms with van der Waals surface area (Å²) in [6.45, 7) is 6.39. The van der Waals surface area contributed by atoms with E-state index in [1.54, 1.807) is 6.92 Å². The van der Waals surface area contributed by atoms with Gasteiger partial charge in [0, 0.05) is 12.6 Å². The van der Waals surface area contributed by atoms with Crippen LogP contribution in [0.3, 0.4) is 0 Å². The van der Waals surface area contributed by atoms with E-state index in [0.29, 0.717) is 5.69 Å². The second-order valence-electron chi connectivity index (χ2n) is 4.96. The molecule has 0 radical (unpaired) electrons. The molecule has 1 atom stereocenters. The number of rotatable bonds is 5. The maximum Gasteiger partial charge on any atom is 0.252 e. The Morgan fingerprint density at radius 1 is 1.47 bits per heavy atom. The lowest BCUT2D eigenvalue weighted by molar-refractivity contribution is 0.313. The van der Waals surface area contributed by atoms with Gasteiger partial charge in [-0.05, 0) is 39.8 Å². The summed E-state index contributed by atoms with van der Waals surface area (Å²) in [5.41, 5.74) is 6.01. The number of likely N-dealkylation sites (tertiary alicyclic amines) is 1. The lowest BCUT2D eigenvalue weighted by atomic mass is 10.3. The van der Waals surface area contributed by atoms with Crippen molar-refractivity contribution < 1.29 is 8.42 Å². The van der Waals surface area contributed by atoms with E-state index in [1.807, 2.05) is 6.92 Å². The van der Waals surface area contributed by atoms with Gasteiger partial charge in [-0.25, -0.2) is 18.1 Å². The van der Waals surface area contributed by atoms with E-state index in [9.17, 15) is 8.42 Å². The Morgan fingerprint density at radius 2 is 2.11 bits per heavy atom. The van der Waals surface area contributed by atoms with Crippen LogP contribution in [-0.2, 0) is 10.0 Å². The van der Waals surface area contributed by atoms with Crippen LogP contribution < -0.4 is 10.5 Å². The van der Waals surface area contributed by atoms with Gasteiger partial charge in [-0.1, -0.05) is 11.3 Å². The van der Waals surface area contributed by atoms with Gasteiger partial charge in [0.25, 0.3) is 10.0 Å².